The molecule has 3 N–H and O–H groups in total. The van der Waals surface area contributed by atoms with Gasteiger partial charge in [-0.2, -0.15) is 0 Å². The van der Waals surface area contributed by atoms with E-state index in [1.165, 1.54) is 6.07 Å². The second-order valence-electron chi connectivity index (χ2n) is 6.04. The molecule has 2 heterocycles. The van der Waals surface area contributed by atoms with Crippen LogP contribution in [0.3, 0.4) is 0 Å². The highest BCUT2D eigenvalue weighted by molar-refractivity contribution is 7.89. The molecule has 1 unspecified atom stereocenters. The summed E-state index contributed by atoms with van der Waals surface area (Å²) in [6.45, 7) is 3.95. The molecule has 0 amide bonds. The monoisotopic (exact) mass is 386 g/mol. The lowest BCUT2D eigenvalue weighted by molar-refractivity contribution is 0.579. The van der Waals surface area contributed by atoms with Crippen molar-refractivity contribution in [2.24, 2.45) is 4.99 Å². The van der Waals surface area contributed by atoms with Crippen LogP contribution in [0, 0.1) is 5.82 Å². The fourth-order valence-electron chi connectivity index (χ4n) is 2.69. The zero-order chi connectivity index (χ0) is 19.0. The van der Waals surface area contributed by atoms with E-state index in [1.807, 2.05) is 4.90 Å². The van der Waals surface area contributed by atoms with Crippen LogP contribution in [0.25, 0.3) is 0 Å². The SMILES string of the molecule is CCS(=O)(=O)NCCCNC(=NC)NC1CCN(c2ncccc2F)C1. The van der Waals surface area contributed by atoms with Gasteiger partial charge in [-0.05, 0) is 31.9 Å². The third-order valence-corrected chi connectivity index (χ3v) is 5.54. The Morgan fingerprint density at radius 1 is 1.46 bits per heavy atom. The number of hydrogen-bond acceptors (Lipinski definition) is 5. The molecule has 1 aliphatic rings. The van der Waals surface area contributed by atoms with Crippen LogP contribution in [-0.4, -0.2) is 64.4 Å². The van der Waals surface area contributed by atoms with Crippen LogP contribution in [0.4, 0.5) is 10.2 Å². The molecular formula is C16H27FN6O2S. The minimum absolute atomic E-state index is 0.0820. The summed E-state index contributed by atoms with van der Waals surface area (Å²) in [6.07, 6.45) is 3.09. The first-order valence-electron chi connectivity index (χ1n) is 8.75. The normalized spacial score (nSPS) is 18.2. The smallest absolute Gasteiger partial charge is 0.211 e. The van der Waals surface area contributed by atoms with E-state index < -0.39 is 10.0 Å². The molecule has 1 aromatic rings. The van der Waals surface area contributed by atoms with Crippen LogP contribution >= 0.6 is 0 Å². The number of pyridine rings is 1. The minimum Gasteiger partial charge on any atom is -0.356 e. The van der Waals surface area contributed by atoms with Gasteiger partial charge in [-0.25, -0.2) is 22.5 Å². The number of aliphatic imine (C=N–C) groups is 1. The predicted molar refractivity (Wildman–Crippen MR) is 101 cm³/mol. The topological polar surface area (TPSA) is 98.7 Å². The summed E-state index contributed by atoms with van der Waals surface area (Å²) in [4.78, 5) is 10.2. The molecule has 146 valence electrons. The fraction of sp³-hybridized carbons (Fsp3) is 0.625. The van der Waals surface area contributed by atoms with Crippen molar-refractivity contribution in [3.8, 4) is 0 Å². The van der Waals surface area contributed by atoms with Crippen molar-refractivity contribution in [1.82, 2.24) is 20.3 Å². The van der Waals surface area contributed by atoms with Crippen molar-refractivity contribution >= 4 is 21.8 Å². The van der Waals surface area contributed by atoms with E-state index >= 15 is 0 Å². The molecular weight excluding hydrogens is 359 g/mol. The molecule has 8 nitrogen and oxygen atoms in total. The molecule has 0 aliphatic carbocycles. The van der Waals surface area contributed by atoms with Crippen molar-refractivity contribution in [2.75, 3.05) is 43.9 Å². The number of nitrogens with zero attached hydrogens (tertiary/aromatic N) is 3. The highest BCUT2D eigenvalue weighted by Gasteiger charge is 2.25. The lowest BCUT2D eigenvalue weighted by Crippen LogP contribution is -2.45. The number of sulfonamides is 1. The van der Waals surface area contributed by atoms with Crippen LogP contribution in [0.2, 0.25) is 0 Å². The molecule has 1 fully saturated rings. The predicted octanol–water partition coefficient (Wildman–Crippen LogP) is 0.294. The molecule has 0 saturated carbocycles. The summed E-state index contributed by atoms with van der Waals surface area (Å²) in [5.41, 5.74) is 0. The van der Waals surface area contributed by atoms with E-state index in [2.05, 4.69) is 25.3 Å². The standard InChI is InChI=1S/C16H27FN6O2S/c1-3-26(24,25)21-10-5-9-20-16(18-2)22-13-7-11-23(12-13)15-14(17)6-4-8-19-15/h4,6,8,13,21H,3,5,7,9-12H2,1-2H3,(H2,18,20,22). The molecule has 2 rings (SSSR count). The van der Waals surface area contributed by atoms with E-state index in [-0.39, 0.29) is 17.6 Å². The first-order chi connectivity index (χ1) is 12.4. The summed E-state index contributed by atoms with van der Waals surface area (Å²) < 4.78 is 39.1. The van der Waals surface area contributed by atoms with Gasteiger partial charge in [0.1, 0.15) is 0 Å². The van der Waals surface area contributed by atoms with Crippen LogP contribution < -0.4 is 20.3 Å². The summed E-state index contributed by atoms with van der Waals surface area (Å²) in [5, 5.41) is 6.47. The van der Waals surface area contributed by atoms with Gasteiger partial charge in [-0.3, -0.25) is 4.99 Å². The molecule has 1 aliphatic heterocycles. The van der Waals surface area contributed by atoms with Gasteiger partial charge in [-0.1, -0.05) is 0 Å². The maximum absolute atomic E-state index is 13.8. The number of guanidine groups is 1. The van der Waals surface area contributed by atoms with Crippen LogP contribution in [0.5, 0.6) is 0 Å². The Morgan fingerprint density at radius 2 is 2.27 bits per heavy atom. The summed E-state index contributed by atoms with van der Waals surface area (Å²) >= 11 is 0. The van der Waals surface area contributed by atoms with E-state index in [0.29, 0.717) is 37.8 Å². The fourth-order valence-corrected chi connectivity index (χ4v) is 3.35. The van der Waals surface area contributed by atoms with E-state index in [4.69, 9.17) is 0 Å². The van der Waals surface area contributed by atoms with Crippen molar-refractivity contribution in [1.29, 1.82) is 0 Å². The number of rotatable bonds is 8. The van der Waals surface area contributed by atoms with Gasteiger partial charge < -0.3 is 15.5 Å². The Balaban J connectivity index is 1.73. The van der Waals surface area contributed by atoms with Crippen molar-refractivity contribution in [3.63, 3.8) is 0 Å². The molecule has 0 bridgehead atoms. The Hall–Kier alpha value is -1.94. The highest BCUT2D eigenvalue weighted by atomic mass is 32.2. The molecule has 0 aromatic carbocycles. The van der Waals surface area contributed by atoms with Crippen molar-refractivity contribution in [3.05, 3.63) is 24.1 Å². The summed E-state index contributed by atoms with van der Waals surface area (Å²) in [5.74, 6) is 0.795. The first-order valence-corrected chi connectivity index (χ1v) is 10.4. The largest absolute Gasteiger partial charge is 0.356 e. The van der Waals surface area contributed by atoms with Gasteiger partial charge in [0.15, 0.2) is 17.6 Å². The number of nitrogens with one attached hydrogen (secondary N) is 3. The molecule has 1 saturated heterocycles. The van der Waals surface area contributed by atoms with Gasteiger partial charge in [0.05, 0.1) is 5.75 Å². The Morgan fingerprint density at radius 3 is 2.96 bits per heavy atom. The van der Waals surface area contributed by atoms with Crippen molar-refractivity contribution < 1.29 is 12.8 Å². The van der Waals surface area contributed by atoms with E-state index in [9.17, 15) is 12.8 Å². The lowest BCUT2D eigenvalue weighted by Gasteiger charge is -2.20. The zero-order valence-electron chi connectivity index (χ0n) is 15.2. The molecule has 26 heavy (non-hydrogen) atoms. The molecule has 10 heteroatoms. The molecule has 1 atom stereocenters. The van der Waals surface area contributed by atoms with Crippen LogP contribution in [-0.2, 0) is 10.0 Å². The van der Waals surface area contributed by atoms with Crippen LogP contribution in [0.1, 0.15) is 19.8 Å². The highest BCUT2D eigenvalue weighted by Crippen LogP contribution is 2.20. The van der Waals surface area contributed by atoms with Crippen molar-refractivity contribution in [2.45, 2.75) is 25.8 Å². The Bertz CT molecular complexity index is 712. The van der Waals surface area contributed by atoms with Gasteiger partial charge in [0, 0.05) is 45.5 Å². The average Bonchev–Trinajstić information content (AvgIpc) is 3.09. The lowest BCUT2D eigenvalue weighted by atomic mass is 10.3. The molecule has 1 aromatic heterocycles. The average molecular weight is 386 g/mol. The Labute approximate surface area is 154 Å². The zero-order valence-corrected chi connectivity index (χ0v) is 16.0. The summed E-state index contributed by atoms with van der Waals surface area (Å²) in [7, 11) is -1.47. The first kappa shape index (κ1) is 20.4. The second-order valence-corrected chi connectivity index (χ2v) is 8.13. The van der Waals surface area contributed by atoms with Gasteiger partial charge in [0.2, 0.25) is 10.0 Å². The van der Waals surface area contributed by atoms with Crippen LogP contribution in [0.15, 0.2) is 23.3 Å². The molecule has 0 spiro atoms. The second kappa shape index (κ2) is 9.67. The number of anilines is 1. The number of hydrogen-bond donors (Lipinski definition) is 3. The van der Waals surface area contributed by atoms with E-state index in [0.717, 1.165) is 13.0 Å². The maximum Gasteiger partial charge on any atom is 0.211 e. The third-order valence-electron chi connectivity index (χ3n) is 4.14. The maximum atomic E-state index is 13.8. The number of aromatic nitrogens is 1. The van der Waals surface area contributed by atoms with Gasteiger partial charge >= 0.3 is 0 Å². The number of halogens is 1. The van der Waals surface area contributed by atoms with E-state index in [1.54, 1.807) is 26.2 Å². The van der Waals surface area contributed by atoms with Gasteiger partial charge in [0.25, 0.3) is 0 Å². The van der Waals surface area contributed by atoms with Gasteiger partial charge in [-0.15, -0.1) is 0 Å². The minimum atomic E-state index is -3.15. The Kier molecular flexibility index (Phi) is 7.58. The third kappa shape index (κ3) is 6.10. The summed E-state index contributed by atoms with van der Waals surface area (Å²) in [6, 6.07) is 3.13. The quantitative estimate of drug-likeness (QED) is 0.338. The molecule has 0 radical (unpaired) electrons.